The fourth-order valence-electron chi connectivity index (χ4n) is 8.01. The quantitative estimate of drug-likeness (QED) is 0.0345. The molecule has 0 N–H and O–H groups in total. The van der Waals surface area contributed by atoms with Crippen LogP contribution in [0.25, 0.3) is 0 Å². The number of hydrogen-bond acceptors (Lipinski definition) is 6. The lowest BCUT2D eigenvalue weighted by atomic mass is 9.99. The first-order valence-corrected chi connectivity index (χ1v) is 26.4. The summed E-state index contributed by atoms with van der Waals surface area (Å²) in [6.07, 6.45) is 49.5. The fourth-order valence-corrected chi connectivity index (χ4v) is 8.01. The Morgan fingerprint density at radius 3 is 0.881 bits per heavy atom. The van der Waals surface area contributed by atoms with Crippen LogP contribution in [0.2, 0.25) is 0 Å². The van der Waals surface area contributed by atoms with Crippen LogP contribution in [0, 0.1) is 5.92 Å². The molecule has 59 heavy (non-hydrogen) atoms. The van der Waals surface area contributed by atoms with Crippen LogP contribution in [0.5, 0.6) is 0 Å². The first-order chi connectivity index (χ1) is 28.9. The summed E-state index contributed by atoms with van der Waals surface area (Å²) in [5, 5.41) is 0. The van der Waals surface area contributed by atoms with Crippen molar-refractivity contribution >= 4 is 17.9 Å². The molecule has 0 amide bonds. The third kappa shape index (κ3) is 45.8. The zero-order valence-corrected chi connectivity index (χ0v) is 40.2. The molecule has 2 atom stereocenters. The summed E-state index contributed by atoms with van der Waals surface area (Å²) in [6, 6.07) is 0. The van der Waals surface area contributed by atoms with Crippen molar-refractivity contribution in [3.05, 3.63) is 0 Å². The number of ether oxygens (including phenoxy) is 3. The Morgan fingerprint density at radius 1 is 0.339 bits per heavy atom. The van der Waals surface area contributed by atoms with E-state index in [0.29, 0.717) is 19.3 Å². The molecule has 0 heterocycles. The maximum absolute atomic E-state index is 12.7. The number of carbonyl (C=O) groups is 3. The van der Waals surface area contributed by atoms with Crippen LogP contribution >= 0.6 is 0 Å². The van der Waals surface area contributed by atoms with Gasteiger partial charge in [0.05, 0.1) is 0 Å². The summed E-state index contributed by atoms with van der Waals surface area (Å²) in [7, 11) is 0. The van der Waals surface area contributed by atoms with Crippen LogP contribution in [0.4, 0.5) is 0 Å². The van der Waals surface area contributed by atoms with Crippen molar-refractivity contribution in [1.82, 2.24) is 0 Å². The molecule has 0 fully saturated rings. The maximum atomic E-state index is 12.7. The molecule has 0 rings (SSSR count). The molecule has 1 unspecified atom stereocenters. The van der Waals surface area contributed by atoms with Gasteiger partial charge in [0.1, 0.15) is 13.2 Å². The molecule has 6 heteroatoms. The van der Waals surface area contributed by atoms with Gasteiger partial charge in [-0.15, -0.1) is 0 Å². The predicted octanol–water partition coefficient (Wildman–Crippen LogP) is 17.1. The van der Waals surface area contributed by atoms with Crippen LogP contribution in [0.15, 0.2) is 0 Å². The second-order valence-electron chi connectivity index (χ2n) is 18.4. The molecule has 0 aromatic heterocycles. The van der Waals surface area contributed by atoms with Gasteiger partial charge in [-0.2, -0.15) is 0 Å². The third-order valence-electron chi connectivity index (χ3n) is 12.4. The van der Waals surface area contributed by atoms with E-state index in [1.165, 1.54) is 193 Å². The number of carbonyl (C=O) groups excluding carboxylic acids is 3. The fraction of sp³-hybridized carbons (Fsp3) is 0.943. The lowest BCUT2D eigenvalue weighted by molar-refractivity contribution is -0.167. The summed E-state index contributed by atoms with van der Waals surface area (Å²) in [5.74, 6) is 0.000637. The van der Waals surface area contributed by atoms with E-state index in [-0.39, 0.29) is 31.1 Å². The minimum Gasteiger partial charge on any atom is -0.462 e. The molecular formula is C53H102O6. The molecule has 0 saturated heterocycles. The Bertz CT molecular complexity index is 889. The summed E-state index contributed by atoms with van der Waals surface area (Å²) in [6.45, 7) is 9.02. The summed E-state index contributed by atoms with van der Waals surface area (Å²) in [5.41, 5.74) is 0. The second-order valence-corrected chi connectivity index (χ2v) is 18.4. The summed E-state index contributed by atoms with van der Waals surface area (Å²) >= 11 is 0. The zero-order chi connectivity index (χ0) is 43.1. The molecule has 0 spiro atoms. The normalized spacial score (nSPS) is 12.4. The Hall–Kier alpha value is -1.59. The van der Waals surface area contributed by atoms with E-state index < -0.39 is 6.10 Å². The van der Waals surface area contributed by atoms with Crippen molar-refractivity contribution in [2.24, 2.45) is 5.92 Å². The second kappa shape index (κ2) is 47.5. The first kappa shape index (κ1) is 57.4. The average molecular weight is 835 g/mol. The van der Waals surface area contributed by atoms with Crippen molar-refractivity contribution in [3.8, 4) is 0 Å². The molecule has 0 aliphatic carbocycles. The monoisotopic (exact) mass is 835 g/mol. The highest BCUT2D eigenvalue weighted by Crippen LogP contribution is 2.18. The van der Waals surface area contributed by atoms with Crippen LogP contribution in [-0.4, -0.2) is 37.2 Å². The van der Waals surface area contributed by atoms with E-state index in [4.69, 9.17) is 14.2 Å². The van der Waals surface area contributed by atoms with Gasteiger partial charge in [0.2, 0.25) is 0 Å². The van der Waals surface area contributed by atoms with Crippen molar-refractivity contribution in [2.45, 2.75) is 303 Å². The van der Waals surface area contributed by atoms with E-state index in [1.54, 1.807) is 0 Å². The van der Waals surface area contributed by atoms with Gasteiger partial charge in [0, 0.05) is 19.3 Å². The van der Waals surface area contributed by atoms with Gasteiger partial charge < -0.3 is 14.2 Å². The molecule has 0 bridgehead atoms. The minimum absolute atomic E-state index is 0.0631. The van der Waals surface area contributed by atoms with Crippen molar-refractivity contribution < 1.29 is 28.6 Å². The zero-order valence-electron chi connectivity index (χ0n) is 40.2. The Morgan fingerprint density at radius 2 is 0.593 bits per heavy atom. The van der Waals surface area contributed by atoms with Crippen LogP contribution < -0.4 is 0 Å². The number of rotatable bonds is 48. The van der Waals surface area contributed by atoms with E-state index in [0.717, 1.165) is 63.7 Å². The molecule has 6 nitrogen and oxygen atoms in total. The highest BCUT2D eigenvalue weighted by Gasteiger charge is 2.19. The topological polar surface area (TPSA) is 78.9 Å². The SMILES string of the molecule is CCCCCCCCCCCCCCCCCCCCCC(=O)OC[C@H](COC(=O)CCCCCCCCCCC(C)CC)OC(=O)CCCCCCCCCCCC. The average Bonchev–Trinajstić information content (AvgIpc) is 3.23. The number of esters is 3. The molecule has 0 aromatic rings. The van der Waals surface area contributed by atoms with E-state index in [9.17, 15) is 14.4 Å². The minimum atomic E-state index is -0.760. The molecule has 0 saturated carbocycles. The maximum Gasteiger partial charge on any atom is 0.306 e. The van der Waals surface area contributed by atoms with Gasteiger partial charge in [-0.1, -0.05) is 259 Å². The molecule has 0 aliphatic heterocycles. The highest BCUT2D eigenvalue weighted by atomic mass is 16.6. The van der Waals surface area contributed by atoms with Gasteiger partial charge in [0.15, 0.2) is 6.10 Å². The van der Waals surface area contributed by atoms with Crippen molar-refractivity contribution in [2.75, 3.05) is 13.2 Å². The van der Waals surface area contributed by atoms with Gasteiger partial charge in [0.25, 0.3) is 0 Å². The van der Waals surface area contributed by atoms with Gasteiger partial charge >= 0.3 is 17.9 Å². The number of hydrogen-bond donors (Lipinski definition) is 0. The molecule has 350 valence electrons. The first-order valence-electron chi connectivity index (χ1n) is 26.4. The highest BCUT2D eigenvalue weighted by molar-refractivity contribution is 5.71. The Labute approximate surface area is 368 Å². The van der Waals surface area contributed by atoms with Crippen LogP contribution in [-0.2, 0) is 28.6 Å². The van der Waals surface area contributed by atoms with Crippen molar-refractivity contribution in [1.29, 1.82) is 0 Å². The lowest BCUT2D eigenvalue weighted by Crippen LogP contribution is -2.30. The third-order valence-corrected chi connectivity index (χ3v) is 12.4. The number of unbranched alkanes of at least 4 members (excludes halogenated alkanes) is 34. The van der Waals surface area contributed by atoms with Gasteiger partial charge in [-0.25, -0.2) is 0 Å². The largest absolute Gasteiger partial charge is 0.462 e. The molecule has 0 aromatic carbocycles. The van der Waals surface area contributed by atoms with Crippen LogP contribution in [0.3, 0.4) is 0 Å². The van der Waals surface area contributed by atoms with E-state index >= 15 is 0 Å². The summed E-state index contributed by atoms with van der Waals surface area (Å²) in [4.78, 5) is 37.9. The van der Waals surface area contributed by atoms with E-state index in [1.807, 2.05) is 0 Å². The lowest BCUT2D eigenvalue weighted by Gasteiger charge is -2.18. The standard InChI is InChI=1S/C53H102O6/c1-5-8-10-12-14-16-18-19-20-21-22-23-24-25-26-28-32-36-40-44-51(54)57-47-50(59-53(56)46-42-38-34-27-17-15-13-11-9-6-2)48-58-52(55)45-41-37-33-30-29-31-35-39-43-49(4)7-3/h49-50H,5-48H2,1-4H3/t49?,50-/m1/s1. The Balaban J connectivity index is 4.22. The molecule has 0 aliphatic rings. The Kier molecular flexibility index (Phi) is 46.2. The van der Waals surface area contributed by atoms with Crippen LogP contribution in [0.1, 0.15) is 297 Å². The van der Waals surface area contributed by atoms with Gasteiger partial charge in [-0.05, 0) is 25.2 Å². The van der Waals surface area contributed by atoms with E-state index in [2.05, 4.69) is 27.7 Å². The smallest absolute Gasteiger partial charge is 0.306 e. The molecular weight excluding hydrogens is 733 g/mol. The summed E-state index contributed by atoms with van der Waals surface area (Å²) < 4.78 is 16.8. The molecule has 0 radical (unpaired) electrons. The van der Waals surface area contributed by atoms with Gasteiger partial charge in [-0.3, -0.25) is 14.4 Å². The predicted molar refractivity (Wildman–Crippen MR) is 252 cm³/mol. The van der Waals surface area contributed by atoms with Crippen molar-refractivity contribution in [3.63, 3.8) is 0 Å².